The fourth-order valence-electron chi connectivity index (χ4n) is 1.50. The summed E-state index contributed by atoms with van der Waals surface area (Å²) in [6.07, 6.45) is 2.51. The summed E-state index contributed by atoms with van der Waals surface area (Å²) in [6, 6.07) is 1.17. The van der Waals surface area contributed by atoms with Crippen LogP contribution in [0.2, 0.25) is 0 Å². The van der Waals surface area contributed by atoms with Crippen molar-refractivity contribution < 1.29 is 9.18 Å². The normalized spacial score (nSPS) is 21.3. The van der Waals surface area contributed by atoms with Gasteiger partial charge < -0.3 is 5.32 Å². The lowest BCUT2D eigenvalue weighted by molar-refractivity contribution is 0.0949. The van der Waals surface area contributed by atoms with E-state index in [1.54, 1.807) is 11.8 Å². The second-order valence-electron chi connectivity index (χ2n) is 3.30. The van der Waals surface area contributed by atoms with Crippen molar-refractivity contribution in [2.75, 3.05) is 18.1 Å². The standard InChI is InChI=1S/C10H11FN2OS/c11-8-5-12-2-1-7(8)10(14)9-6-15-4-3-13-9/h1-2,5,9,13H,3-4,6H2. The van der Waals surface area contributed by atoms with Gasteiger partial charge >= 0.3 is 0 Å². The van der Waals surface area contributed by atoms with Crippen molar-refractivity contribution in [1.82, 2.24) is 10.3 Å². The molecule has 80 valence electrons. The molecule has 0 bridgehead atoms. The van der Waals surface area contributed by atoms with Crippen molar-refractivity contribution in [3.8, 4) is 0 Å². The Hall–Kier alpha value is -0.940. The van der Waals surface area contributed by atoms with Gasteiger partial charge in [0.1, 0.15) is 0 Å². The fourth-order valence-corrected chi connectivity index (χ4v) is 2.43. The Morgan fingerprint density at radius 1 is 1.67 bits per heavy atom. The van der Waals surface area contributed by atoms with E-state index in [4.69, 9.17) is 0 Å². The summed E-state index contributed by atoms with van der Waals surface area (Å²) < 4.78 is 13.3. The molecule has 0 saturated carbocycles. The third-order valence-corrected chi connectivity index (χ3v) is 3.34. The summed E-state index contributed by atoms with van der Waals surface area (Å²) in [5.74, 6) is 0.991. The number of halogens is 1. The van der Waals surface area contributed by atoms with Crippen molar-refractivity contribution in [2.45, 2.75) is 6.04 Å². The molecule has 5 heteroatoms. The first kappa shape index (κ1) is 10.6. The molecule has 1 aromatic rings. The highest BCUT2D eigenvalue weighted by Crippen LogP contribution is 2.14. The van der Waals surface area contributed by atoms with Crippen LogP contribution in [0.5, 0.6) is 0 Å². The van der Waals surface area contributed by atoms with Crippen LogP contribution in [0.25, 0.3) is 0 Å². The summed E-state index contributed by atoms with van der Waals surface area (Å²) in [5.41, 5.74) is 0.130. The minimum atomic E-state index is -0.542. The highest BCUT2D eigenvalue weighted by atomic mass is 32.2. The molecule has 0 spiro atoms. The van der Waals surface area contributed by atoms with Gasteiger partial charge in [-0.25, -0.2) is 4.39 Å². The van der Waals surface area contributed by atoms with Gasteiger partial charge in [-0.05, 0) is 6.07 Å². The van der Waals surface area contributed by atoms with Crippen molar-refractivity contribution in [1.29, 1.82) is 0 Å². The Morgan fingerprint density at radius 3 is 3.20 bits per heavy atom. The summed E-state index contributed by atoms with van der Waals surface area (Å²) in [4.78, 5) is 15.5. The van der Waals surface area contributed by atoms with Gasteiger partial charge in [0.15, 0.2) is 11.6 Å². The van der Waals surface area contributed by atoms with Crippen LogP contribution in [-0.4, -0.2) is 34.9 Å². The molecule has 1 atom stereocenters. The van der Waals surface area contributed by atoms with Crippen LogP contribution in [0.4, 0.5) is 4.39 Å². The minimum absolute atomic E-state index is 0.130. The number of hydrogen-bond acceptors (Lipinski definition) is 4. The van der Waals surface area contributed by atoms with Crippen LogP contribution in [-0.2, 0) is 0 Å². The van der Waals surface area contributed by atoms with Gasteiger partial charge in [-0.15, -0.1) is 0 Å². The van der Waals surface area contributed by atoms with Crippen molar-refractivity contribution in [3.05, 3.63) is 29.8 Å². The quantitative estimate of drug-likeness (QED) is 0.767. The van der Waals surface area contributed by atoms with Crippen LogP contribution in [0.15, 0.2) is 18.5 Å². The monoisotopic (exact) mass is 226 g/mol. The van der Waals surface area contributed by atoms with Gasteiger partial charge in [-0.2, -0.15) is 11.8 Å². The number of rotatable bonds is 2. The zero-order valence-electron chi connectivity index (χ0n) is 8.07. The number of nitrogens with one attached hydrogen (secondary N) is 1. The molecule has 1 saturated heterocycles. The molecule has 2 rings (SSSR count). The van der Waals surface area contributed by atoms with Gasteiger partial charge in [0, 0.05) is 24.2 Å². The zero-order valence-corrected chi connectivity index (χ0v) is 8.89. The first-order valence-electron chi connectivity index (χ1n) is 4.74. The predicted octanol–water partition coefficient (Wildman–Crippen LogP) is 1.11. The Kier molecular flexibility index (Phi) is 3.33. The number of thioether (sulfide) groups is 1. The number of carbonyl (C=O) groups is 1. The van der Waals surface area contributed by atoms with Crippen molar-refractivity contribution >= 4 is 17.5 Å². The maximum atomic E-state index is 13.3. The SMILES string of the molecule is O=C(c1ccncc1F)C1CSCCN1. The van der Waals surface area contributed by atoms with E-state index < -0.39 is 5.82 Å². The molecule has 15 heavy (non-hydrogen) atoms. The molecule has 0 amide bonds. The van der Waals surface area contributed by atoms with E-state index in [2.05, 4.69) is 10.3 Å². The molecule has 1 aromatic heterocycles. The molecular formula is C10H11FN2OS. The van der Waals surface area contributed by atoms with Gasteiger partial charge in [0.2, 0.25) is 0 Å². The second-order valence-corrected chi connectivity index (χ2v) is 4.45. The predicted molar refractivity (Wildman–Crippen MR) is 57.6 cm³/mol. The largest absolute Gasteiger partial charge is 0.306 e. The molecule has 1 aliphatic rings. The third kappa shape index (κ3) is 2.35. The van der Waals surface area contributed by atoms with Crippen LogP contribution in [0, 0.1) is 5.82 Å². The summed E-state index contributed by atoms with van der Waals surface area (Å²) in [7, 11) is 0. The van der Waals surface area contributed by atoms with Gasteiger partial charge in [-0.3, -0.25) is 9.78 Å². The summed E-state index contributed by atoms with van der Waals surface area (Å²) in [6.45, 7) is 0.799. The Labute approximate surface area is 91.5 Å². The molecule has 1 fully saturated rings. The molecule has 0 aliphatic carbocycles. The second kappa shape index (κ2) is 4.72. The van der Waals surface area contributed by atoms with E-state index in [0.717, 1.165) is 18.5 Å². The molecule has 2 heterocycles. The molecular weight excluding hydrogens is 215 g/mol. The first-order valence-corrected chi connectivity index (χ1v) is 5.89. The Balaban J connectivity index is 2.16. The average molecular weight is 226 g/mol. The van der Waals surface area contributed by atoms with Crippen LogP contribution >= 0.6 is 11.8 Å². The molecule has 1 aliphatic heterocycles. The van der Waals surface area contributed by atoms with Crippen LogP contribution in [0.3, 0.4) is 0 Å². The number of ketones is 1. The highest BCUT2D eigenvalue weighted by Gasteiger charge is 2.24. The number of pyridine rings is 1. The van der Waals surface area contributed by atoms with E-state index in [1.807, 2.05) is 0 Å². The zero-order chi connectivity index (χ0) is 10.7. The number of nitrogens with zero attached hydrogens (tertiary/aromatic N) is 1. The topological polar surface area (TPSA) is 42.0 Å². The van der Waals surface area contributed by atoms with E-state index in [-0.39, 0.29) is 17.4 Å². The minimum Gasteiger partial charge on any atom is -0.306 e. The van der Waals surface area contributed by atoms with Gasteiger partial charge in [0.25, 0.3) is 0 Å². The average Bonchev–Trinajstić information content (AvgIpc) is 2.30. The van der Waals surface area contributed by atoms with Crippen LogP contribution < -0.4 is 5.32 Å². The van der Waals surface area contributed by atoms with Gasteiger partial charge in [0.05, 0.1) is 17.8 Å². The van der Waals surface area contributed by atoms with Gasteiger partial charge in [-0.1, -0.05) is 0 Å². The van der Waals surface area contributed by atoms with E-state index in [0.29, 0.717) is 5.75 Å². The lowest BCUT2D eigenvalue weighted by Gasteiger charge is -2.21. The first-order chi connectivity index (χ1) is 7.29. The molecule has 1 N–H and O–H groups in total. The Morgan fingerprint density at radius 2 is 2.53 bits per heavy atom. The number of carbonyl (C=O) groups excluding carboxylic acids is 1. The summed E-state index contributed by atoms with van der Waals surface area (Å²) >= 11 is 1.71. The maximum absolute atomic E-state index is 13.3. The van der Waals surface area contributed by atoms with Crippen molar-refractivity contribution in [2.24, 2.45) is 0 Å². The lowest BCUT2D eigenvalue weighted by atomic mass is 10.1. The highest BCUT2D eigenvalue weighted by molar-refractivity contribution is 7.99. The Bertz CT molecular complexity index is 366. The smallest absolute Gasteiger partial charge is 0.183 e. The molecule has 3 nitrogen and oxygen atoms in total. The maximum Gasteiger partial charge on any atom is 0.183 e. The molecule has 0 radical (unpaired) electrons. The summed E-state index contributed by atoms with van der Waals surface area (Å²) in [5, 5.41) is 3.09. The van der Waals surface area contributed by atoms with Crippen LogP contribution in [0.1, 0.15) is 10.4 Å². The number of aromatic nitrogens is 1. The van der Waals surface area contributed by atoms with Crippen molar-refractivity contribution in [3.63, 3.8) is 0 Å². The number of hydrogen-bond donors (Lipinski definition) is 1. The number of Topliss-reactive ketones (excluding diaryl/α,β-unsaturated/α-hetero) is 1. The fraction of sp³-hybridized carbons (Fsp3) is 0.400. The molecule has 0 aromatic carbocycles. The van der Waals surface area contributed by atoms with E-state index in [1.165, 1.54) is 12.3 Å². The molecule has 1 unspecified atom stereocenters. The lowest BCUT2D eigenvalue weighted by Crippen LogP contribution is -2.43. The third-order valence-electron chi connectivity index (χ3n) is 2.28. The van der Waals surface area contributed by atoms with E-state index in [9.17, 15) is 9.18 Å². The van der Waals surface area contributed by atoms with E-state index >= 15 is 0 Å².